The second-order valence-electron chi connectivity index (χ2n) is 5.99. The molecule has 126 valence electrons. The summed E-state index contributed by atoms with van der Waals surface area (Å²) in [5.74, 6) is 0.772. The lowest BCUT2D eigenvalue weighted by Gasteiger charge is -2.08. The van der Waals surface area contributed by atoms with Crippen molar-refractivity contribution in [2.24, 2.45) is 0 Å². The highest BCUT2D eigenvalue weighted by Crippen LogP contribution is 2.31. The summed E-state index contributed by atoms with van der Waals surface area (Å²) in [5, 5.41) is 6.47. The molecular formula is C20H19N3O2. The fourth-order valence-electron chi connectivity index (χ4n) is 3.47. The van der Waals surface area contributed by atoms with E-state index >= 15 is 0 Å². The first kappa shape index (κ1) is 15.4. The molecule has 0 aliphatic carbocycles. The molecule has 0 aliphatic heterocycles. The zero-order valence-corrected chi connectivity index (χ0v) is 14.5. The minimum Gasteiger partial charge on any atom is -0.497 e. The zero-order chi connectivity index (χ0) is 17.6. The van der Waals surface area contributed by atoms with E-state index in [2.05, 4.69) is 9.67 Å². The van der Waals surface area contributed by atoms with Crippen LogP contribution in [0.5, 0.6) is 5.75 Å². The molecule has 5 heteroatoms. The van der Waals surface area contributed by atoms with Gasteiger partial charge in [0.15, 0.2) is 0 Å². The lowest BCUT2D eigenvalue weighted by molar-refractivity contribution is 0.415. The number of aryl methyl sites for hydroxylation is 2. The normalized spacial score (nSPS) is 11.3. The van der Waals surface area contributed by atoms with Gasteiger partial charge in [-0.1, -0.05) is 18.2 Å². The van der Waals surface area contributed by atoms with E-state index in [9.17, 15) is 4.79 Å². The van der Waals surface area contributed by atoms with E-state index in [1.54, 1.807) is 7.11 Å². The Morgan fingerprint density at radius 2 is 1.88 bits per heavy atom. The number of para-hydroxylation sites is 1. The van der Waals surface area contributed by atoms with Crippen molar-refractivity contribution in [3.8, 4) is 11.4 Å². The van der Waals surface area contributed by atoms with Gasteiger partial charge in [0, 0.05) is 22.8 Å². The topological polar surface area (TPSA) is 49.0 Å². The van der Waals surface area contributed by atoms with Crippen LogP contribution in [0.4, 0.5) is 0 Å². The smallest absolute Gasteiger partial charge is 0.296 e. The largest absolute Gasteiger partial charge is 0.497 e. The Morgan fingerprint density at radius 1 is 1.12 bits per heavy atom. The van der Waals surface area contributed by atoms with E-state index < -0.39 is 0 Å². The molecule has 0 bridgehead atoms. The van der Waals surface area contributed by atoms with Crippen LogP contribution in [0.3, 0.4) is 0 Å². The van der Waals surface area contributed by atoms with Gasteiger partial charge < -0.3 is 9.30 Å². The van der Waals surface area contributed by atoms with Gasteiger partial charge in [0.2, 0.25) is 0 Å². The monoisotopic (exact) mass is 333 g/mol. The minimum absolute atomic E-state index is 0.108. The standard InChI is InChI=1S/C20H19N3O2/c1-4-22-17-11-10-15(25-3)12-16(17)18-13(2)21-23(20(24)19(18)22)14-8-6-5-7-9-14/h5-12H,4H2,1-3H3. The molecule has 0 fully saturated rings. The van der Waals surface area contributed by atoms with E-state index in [1.807, 2.05) is 62.4 Å². The Labute approximate surface area is 145 Å². The molecule has 5 nitrogen and oxygen atoms in total. The summed E-state index contributed by atoms with van der Waals surface area (Å²) in [7, 11) is 1.65. The summed E-state index contributed by atoms with van der Waals surface area (Å²) < 4.78 is 8.91. The first-order valence-corrected chi connectivity index (χ1v) is 8.31. The molecule has 2 aromatic carbocycles. The predicted molar refractivity (Wildman–Crippen MR) is 99.8 cm³/mol. The van der Waals surface area contributed by atoms with Crippen LogP contribution >= 0.6 is 0 Å². The molecule has 0 saturated heterocycles. The number of nitrogens with zero attached hydrogens (tertiary/aromatic N) is 3. The molecule has 0 amide bonds. The van der Waals surface area contributed by atoms with Crippen LogP contribution in [0.2, 0.25) is 0 Å². The summed E-state index contributed by atoms with van der Waals surface area (Å²) in [6.45, 7) is 4.70. The summed E-state index contributed by atoms with van der Waals surface area (Å²) in [4.78, 5) is 13.2. The number of hydrogen-bond acceptors (Lipinski definition) is 3. The van der Waals surface area contributed by atoms with Gasteiger partial charge in [0.1, 0.15) is 11.3 Å². The first-order chi connectivity index (χ1) is 12.2. The van der Waals surface area contributed by atoms with Crippen LogP contribution in [-0.4, -0.2) is 21.5 Å². The molecule has 4 aromatic rings. The van der Waals surface area contributed by atoms with Crippen LogP contribution in [0.15, 0.2) is 53.3 Å². The Hall–Kier alpha value is -3.08. The second-order valence-corrected chi connectivity index (χ2v) is 5.99. The molecular weight excluding hydrogens is 314 g/mol. The number of aromatic nitrogens is 3. The van der Waals surface area contributed by atoms with Crippen LogP contribution in [0.1, 0.15) is 12.6 Å². The fraction of sp³-hybridized carbons (Fsp3) is 0.200. The highest BCUT2D eigenvalue weighted by Gasteiger charge is 2.19. The van der Waals surface area contributed by atoms with Gasteiger partial charge in [-0.3, -0.25) is 4.79 Å². The minimum atomic E-state index is -0.108. The second kappa shape index (κ2) is 5.77. The summed E-state index contributed by atoms with van der Waals surface area (Å²) in [6, 6.07) is 15.4. The molecule has 0 spiro atoms. The Morgan fingerprint density at radius 3 is 2.56 bits per heavy atom. The van der Waals surface area contributed by atoms with E-state index in [0.717, 1.165) is 33.4 Å². The molecule has 0 radical (unpaired) electrons. The quantitative estimate of drug-likeness (QED) is 0.575. The molecule has 2 heterocycles. The number of benzene rings is 2. The van der Waals surface area contributed by atoms with Crippen molar-refractivity contribution >= 4 is 21.8 Å². The van der Waals surface area contributed by atoms with E-state index in [0.29, 0.717) is 12.1 Å². The van der Waals surface area contributed by atoms with Gasteiger partial charge in [0.05, 0.1) is 18.5 Å². The van der Waals surface area contributed by atoms with Gasteiger partial charge in [-0.15, -0.1) is 0 Å². The van der Waals surface area contributed by atoms with Gasteiger partial charge in [-0.25, -0.2) is 0 Å². The summed E-state index contributed by atoms with van der Waals surface area (Å²) in [6.07, 6.45) is 0. The molecule has 0 saturated carbocycles. The van der Waals surface area contributed by atoms with Crippen molar-refractivity contribution in [2.45, 2.75) is 20.4 Å². The van der Waals surface area contributed by atoms with Crippen molar-refractivity contribution in [2.75, 3.05) is 7.11 Å². The maximum Gasteiger partial charge on any atom is 0.296 e. The summed E-state index contributed by atoms with van der Waals surface area (Å²) in [5.41, 5.74) is 3.18. The van der Waals surface area contributed by atoms with Gasteiger partial charge >= 0.3 is 0 Å². The number of ether oxygens (including phenoxy) is 1. The maximum atomic E-state index is 13.2. The van der Waals surface area contributed by atoms with E-state index in [4.69, 9.17) is 4.74 Å². The summed E-state index contributed by atoms with van der Waals surface area (Å²) >= 11 is 0. The zero-order valence-electron chi connectivity index (χ0n) is 14.5. The molecule has 25 heavy (non-hydrogen) atoms. The van der Waals surface area contributed by atoms with Crippen LogP contribution in [0, 0.1) is 6.92 Å². The van der Waals surface area contributed by atoms with Crippen LogP contribution in [0.25, 0.3) is 27.5 Å². The third kappa shape index (κ3) is 2.23. The molecule has 0 N–H and O–H groups in total. The predicted octanol–water partition coefficient (Wildman–Crippen LogP) is 3.68. The van der Waals surface area contributed by atoms with Crippen molar-refractivity contribution < 1.29 is 4.74 Å². The lowest BCUT2D eigenvalue weighted by Crippen LogP contribution is -2.24. The molecule has 0 unspecified atom stereocenters. The van der Waals surface area contributed by atoms with Crippen LogP contribution < -0.4 is 10.3 Å². The third-order valence-corrected chi connectivity index (χ3v) is 4.59. The Balaban J connectivity index is 2.18. The molecule has 0 atom stereocenters. The highest BCUT2D eigenvalue weighted by atomic mass is 16.5. The van der Waals surface area contributed by atoms with Gasteiger partial charge in [-0.05, 0) is 44.2 Å². The van der Waals surface area contributed by atoms with Crippen molar-refractivity contribution in [3.63, 3.8) is 0 Å². The van der Waals surface area contributed by atoms with Crippen molar-refractivity contribution in [1.29, 1.82) is 0 Å². The van der Waals surface area contributed by atoms with Crippen molar-refractivity contribution in [3.05, 3.63) is 64.6 Å². The lowest BCUT2D eigenvalue weighted by atomic mass is 10.1. The van der Waals surface area contributed by atoms with Crippen molar-refractivity contribution in [1.82, 2.24) is 14.3 Å². The average molecular weight is 333 g/mol. The number of methoxy groups -OCH3 is 1. The molecule has 2 aromatic heterocycles. The van der Waals surface area contributed by atoms with Crippen LogP contribution in [-0.2, 0) is 6.54 Å². The Kier molecular flexibility index (Phi) is 3.57. The molecule has 0 aliphatic rings. The number of rotatable bonds is 3. The average Bonchev–Trinajstić information content (AvgIpc) is 2.99. The first-order valence-electron chi connectivity index (χ1n) is 8.31. The molecule has 4 rings (SSSR count). The number of fused-ring (bicyclic) bond motifs is 3. The SMILES string of the molecule is CCn1c2ccc(OC)cc2c2c(C)nn(-c3ccccc3)c(=O)c21. The highest BCUT2D eigenvalue weighted by molar-refractivity contribution is 6.09. The van der Waals surface area contributed by atoms with E-state index in [-0.39, 0.29) is 5.56 Å². The Bertz CT molecular complexity index is 1140. The fourth-order valence-corrected chi connectivity index (χ4v) is 3.47. The third-order valence-electron chi connectivity index (χ3n) is 4.59. The number of hydrogen-bond donors (Lipinski definition) is 0. The maximum absolute atomic E-state index is 13.2. The van der Waals surface area contributed by atoms with Gasteiger partial charge in [0.25, 0.3) is 5.56 Å². The van der Waals surface area contributed by atoms with E-state index in [1.165, 1.54) is 4.68 Å². The van der Waals surface area contributed by atoms with Gasteiger partial charge in [-0.2, -0.15) is 9.78 Å².